The fourth-order valence-electron chi connectivity index (χ4n) is 3.18. The van der Waals surface area contributed by atoms with Crippen LogP contribution in [-0.2, 0) is 0 Å². The Morgan fingerprint density at radius 1 is 0.958 bits per heavy atom. The van der Waals surface area contributed by atoms with Gasteiger partial charge in [0, 0.05) is 44.3 Å². The van der Waals surface area contributed by atoms with Gasteiger partial charge in [-0.3, -0.25) is 4.90 Å². The van der Waals surface area contributed by atoms with Gasteiger partial charge in [-0.1, -0.05) is 60.7 Å². The highest BCUT2D eigenvalue weighted by Gasteiger charge is 2.24. The first-order valence-corrected chi connectivity index (χ1v) is 8.95. The topological polar surface area (TPSA) is 18.5 Å². The van der Waals surface area contributed by atoms with Crippen molar-refractivity contribution in [2.75, 3.05) is 38.5 Å². The van der Waals surface area contributed by atoms with Crippen LogP contribution < -0.4 is 5.32 Å². The number of nitrogens with one attached hydrogen (secondary N) is 1. The maximum Gasteiger partial charge on any atom is 0.0816 e. The fraction of sp³-hybridized carbons (Fsp3) is 0.350. The quantitative estimate of drug-likeness (QED) is 0.835. The molecule has 3 rings (SSSR count). The van der Waals surface area contributed by atoms with E-state index in [1.165, 1.54) is 5.56 Å². The van der Waals surface area contributed by atoms with Gasteiger partial charge in [0.15, 0.2) is 0 Å². The Labute approximate surface area is 150 Å². The van der Waals surface area contributed by atoms with Gasteiger partial charge in [-0.25, -0.2) is 0 Å². The summed E-state index contributed by atoms with van der Waals surface area (Å²) >= 11 is 5.66. The molecule has 1 saturated heterocycles. The van der Waals surface area contributed by atoms with Crippen LogP contribution in [0.25, 0.3) is 0 Å². The van der Waals surface area contributed by atoms with Gasteiger partial charge in [-0.05, 0) is 24.7 Å². The molecule has 1 aliphatic heterocycles. The molecule has 3 nitrogen and oxygen atoms in total. The van der Waals surface area contributed by atoms with Crippen molar-refractivity contribution in [1.29, 1.82) is 0 Å². The van der Waals surface area contributed by atoms with Crippen LogP contribution in [0.3, 0.4) is 0 Å². The molecule has 1 heterocycles. The standard InChI is InChI=1S/C20H25N3S/c1-22-12-14-23(15-13-22)19(17-8-4-2-5-9-17)16-20(24)21-18-10-6-3-7-11-18/h2-11,19H,12-16H2,1H3,(H,21,24)/t19-/m0/s1. The van der Waals surface area contributed by atoms with E-state index in [2.05, 4.69) is 64.6 Å². The predicted octanol–water partition coefficient (Wildman–Crippen LogP) is 3.80. The van der Waals surface area contributed by atoms with Crippen molar-refractivity contribution in [2.24, 2.45) is 0 Å². The summed E-state index contributed by atoms with van der Waals surface area (Å²) in [7, 11) is 2.19. The van der Waals surface area contributed by atoms with Gasteiger partial charge < -0.3 is 10.2 Å². The molecule has 1 atom stereocenters. The van der Waals surface area contributed by atoms with Gasteiger partial charge in [0.2, 0.25) is 0 Å². The van der Waals surface area contributed by atoms with E-state index in [0.29, 0.717) is 6.04 Å². The summed E-state index contributed by atoms with van der Waals surface area (Å²) in [5.74, 6) is 0. The number of para-hydroxylation sites is 1. The van der Waals surface area contributed by atoms with Crippen molar-refractivity contribution in [2.45, 2.75) is 12.5 Å². The minimum Gasteiger partial charge on any atom is -0.350 e. The highest BCUT2D eigenvalue weighted by atomic mass is 32.1. The highest BCUT2D eigenvalue weighted by molar-refractivity contribution is 7.80. The Bertz CT molecular complexity index is 636. The third-order valence-corrected chi connectivity index (χ3v) is 4.87. The predicted molar refractivity (Wildman–Crippen MR) is 106 cm³/mol. The molecule has 0 amide bonds. The Morgan fingerprint density at radius 3 is 2.17 bits per heavy atom. The van der Waals surface area contributed by atoms with Gasteiger partial charge in [-0.2, -0.15) is 0 Å². The average molecular weight is 340 g/mol. The minimum absolute atomic E-state index is 0.337. The largest absolute Gasteiger partial charge is 0.350 e. The number of benzene rings is 2. The number of rotatable bonds is 5. The first-order valence-electron chi connectivity index (χ1n) is 8.55. The first kappa shape index (κ1) is 17.1. The molecule has 24 heavy (non-hydrogen) atoms. The Morgan fingerprint density at radius 2 is 1.54 bits per heavy atom. The zero-order chi connectivity index (χ0) is 16.8. The lowest BCUT2D eigenvalue weighted by Gasteiger charge is -2.38. The molecule has 0 spiro atoms. The number of thiocarbonyl (C=S) groups is 1. The van der Waals surface area contributed by atoms with Crippen molar-refractivity contribution in [3.05, 3.63) is 66.2 Å². The molecule has 0 aromatic heterocycles. The van der Waals surface area contributed by atoms with Crippen LogP contribution in [0.15, 0.2) is 60.7 Å². The number of anilines is 1. The summed E-state index contributed by atoms with van der Waals surface area (Å²) in [6.07, 6.45) is 0.845. The molecule has 0 aliphatic carbocycles. The molecule has 1 N–H and O–H groups in total. The summed E-state index contributed by atoms with van der Waals surface area (Å²) in [5, 5.41) is 3.38. The van der Waals surface area contributed by atoms with Gasteiger partial charge in [0.25, 0.3) is 0 Å². The van der Waals surface area contributed by atoms with E-state index < -0.39 is 0 Å². The van der Waals surface area contributed by atoms with Crippen molar-refractivity contribution in [1.82, 2.24) is 9.80 Å². The van der Waals surface area contributed by atoms with Crippen LogP contribution in [0.5, 0.6) is 0 Å². The van der Waals surface area contributed by atoms with E-state index >= 15 is 0 Å². The Balaban J connectivity index is 1.71. The number of hydrogen-bond donors (Lipinski definition) is 1. The number of nitrogens with zero attached hydrogens (tertiary/aromatic N) is 2. The third-order valence-electron chi connectivity index (χ3n) is 4.60. The molecule has 1 fully saturated rings. The smallest absolute Gasteiger partial charge is 0.0816 e. The Kier molecular flexibility index (Phi) is 5.96. The summed E-state index contributed by atoms with van der Waals surface area (Å²) in [6.45, 7) is 4.40. The number of likely N-dealkylation sites (N-methyl/N-ethyl adjacent to an activating group) is 1. The molecule has 2 aromatic carbocycles. The van der Waals surface area contributed by atoms with Crippen molar-refractivity contribution >= 4 is 22.9 Å². The maximum atomic E-state index is 5.66. The molecular weight excluding hydrogens is 314 g/mol. The molecule has 4 heteroatoms. The summed E-state index contributed by atoms with van der Waals surface area (Å²) in [4.78, 5) is 5.85. The van der Waals surface area contributed by atoms with E-state index in [1.807, 2.05) is 18.2 Å². The van der Waals surface area contributed by atoms with E-state index in [9.17, 15) is 0 Å². The lowest BCUT2D eigenvalue weighted by atomic mass is 10.0. The molecule has 0 saturated carbocycles. The van der Waals surface area contributed by atoms with E-state index in [0.717, 1.165) is 43.3 Å². The van der Waals surface area contributed by atoms with Crippen molar-refractivity contribution in [3.63, 3.8) is 0 Å². The van der Waals surface area contributed by atoms with Crippen molar-refractivity contribution in [3.8, 4) is 0 Å². The highest BCUT2D eigenvalue weighted by Crippen LogP contribution is 2.26. The second-order valence-corrected chi connectivity index (χ2v) is 6.88. The normalized spacial score (nSPS) is 17.4. The van der Waals surface area contributed by atoms with Crippen LogP contribution in [0.2, 0.25) is 0 Å². The van der Waals surface area contributed by atoms with Gasteiger partial charge in [0.05, 0.1) is 4.99 Å². The van der Waals surface area contributed by atoms with Crippen LogP contribution in [0, 0.1) is 0 Å². The second-order valence-electron chi connectivity index (χ2n) is 6.38. The average Bonchev–Trinajstić information content (AvgIpc) is 2.62. The molecule has 0 radical (unpaired) electrons. The fourth-order valence-corrected chi connectivity index (χ4v) is 3.45. The van der Waals surface area contributed by atoms with Gasteiger partial charge >= 0.3 is 0 Å². The lowest BCUT2D eigenvalue weighted by molar-refractivity contribution is 0.114. The molecule has 126 valence electrons. The second kappa shape index (κ2) is 8.38. The molecule has 2 aromatic rings. The van der Waals surface area contributed by atoms with Crippen LogP contribution in [0.4, 0.5) is 5.69 Å². The third kappa shape index (κ3) is 4.63. The molecule has 0 bridgehead atoms. The lowest BCUT2D eigenvalue weighted by Crippen LogP contribution is -2.46. The number of piperazine rings is 1. The van der Waals surface area contributed by atoms with Crippen molar-refractivity contribution < 1.29 is 0 Å². The van der Waals surface area contributed by atoms with E-state index in [4.69, 9.17) is 12.2 Å². The zero-order valence-corrected chi connectivity index (χ0v) is 15.0. The summed E-state index contributed by atoms with van der Waals surface area (Å²) in [6, 6.07) is 21.3. The van der Waals surface area contributed by atoms with Crippen LogP contribution >= 0.6 is 12.2 Å². The van der Waals surface area contributed by atoms with E-state index in [1.54, 1.807) is 0 Å². The van der Waals surface area contributed by atoms with E-state index in [-0.39, 0.29) is 0 Å². The zero-order valence-electron chi connectivity index (χ0n) is 14.2. The van der Waals surface area contributed by atoms with Gasteiger partial charge in [-0.15, -0.1) is 0 Å². The maximum absolute atomic E-state index is 5.66. The van der Waals surface area contributed by atoms with Gasteiger partial charge in [0.1, 0.15) is 0 Å². The van der Waals surface area contributed by atoms with Crippen LogP contribution in [-0.4, -0.2) is 48.0 Å². The first-order chi connectivity index (χ1) is 11.7. The summed E-state index contributed by atoms with van der Waals surface area (Å²) in [5.41, 5.74) is 2.41. The monoisotopic (exact) mass is 339 g/mol. The molecule has 0 unspecified atom stereocenters. The van der Waals surface area contributed by atoms with Crippen LogP contribution in [0.1, 0.15) is 18.0 Å². The molecule has 1 aliphatic rings. The SMILES string of the molecule is CN1CCN([C@@H](CC(=S)Nc2ccccc2)c2ccccc2)CC1. The Hall–Kier alpha value is -1.75. The molecular formula is C20H25N3S. The minimum atomic E-state index is 0.337. The summed E-state index contributed by atoms with van der Waals surface area (Å²) < 4.78 is 0. The number of hydrogen-bond acceptors (Lipinski definition) is 3.